The molecule has 1 heterocycles. The minimum atomic E-state index is 0.509. The van der Waals surface area contributed by atoms with E-state index in [1.807, 2.05) is 6.92 Å². The van der Waals surface area contributed by atoms with Gasteiger partial charge >= 0.3 is 0 Å². The maximum Gasteiger partial charge on any atom is 0.155 e. The van der Waals surface area contributed by atoms with E-state index in [2.05, 4.69) is 29.4 Å². The van der Waals surface area contributed by atoms with Crippen LogP contribution in [-0.2, 0) is 0 Å². The second-order valence-corrected chi connectivity index (χ2v) is 6.10. The Balaban J connectivity index is 1.94. The minimum Gasteiger partial charge on any atom is -0.366 e. The van der Waals surface area contributed by atoms with Crippen molar-refractivity contribution in [3.05, 3.63) is 16.3 Å². The van der Waals surface area contributed by atoms with Crippen LogP contribution in [-0.4, -0.2) is 16.2 Å². The Bertz CT molecular complexity index is 426. The summed E-state index contributed by atoms with van der Waals surface area (Å²) in [4.78, 5) is 0. The molecule has 19 heavy (non-hydrogen) atoms. The van der Waals surface area contributed by atoms with Crippen molar-refractivity contribution in [2.24, 2.45) is 5.92 Å². The molecule has 2 rings (SSSR count). The van der Waals surface area contributed by atoms with Gasteiger partial charge in [0.1, 0.15) is 0 Å². The summed E-state index contributed by atoms with van der Waals surface area (Å²) in [7, 11) is 0. The van der Waals surface area contributed by atoms with Gasteiger partial charge in [-0.2, -0.15) is 0 Å². The molecule has 0 aromatic carbocycles. The third kappa shape index (κ3) is 3.59. The normalized spacial score (nSPS) is 23.4. The lowest BCUT2D eigenvalue weighted by molar-refractivity contribution is 0.318. The Kier molecular flexibility index (Phi) is 5.03. The number of nitrogens with one attached hydrogen (secondary N) is 1. The van der Waals surface area contributed by atoms with Crippen molar-refractivity contribution in [3.63, 3.8) is 0 Å². The van der Waals surface area contributed by atoms with Gasteiger partial charge in [0.15, 0.2) is 11.0 Å². The molecule has 0 saturated heterocycles. The molecule has 0 bridgehead atoms. The molecule has 0 aliphatic heterocycles. The lowest BCUT2D eigenvalue weighted by Crippen LogP contribution is -2.27. The number of anilines is 1. The second-order valence-electron chi connectivity index (χ2n) is 5.74. The van der Waals surface area contributed by atoms with Crippen LogP contribution < -0.4 is 5.32 Å². The number of hydrogen-bond donors (Lipinski definition) is 1. The summed E-state index contributed by atoms with van der Waals surface area (Å²) in [5.74, 6) is 1.84. The molecule has 0 radical (unpaired) electrons. The first-order valence-corrected chi connectivity index (χ1v) is 7.75. The molecule has 0 atom stereocenters. The fourth-order valence-corrected chi connectivity index (χ4v) is 3.09. The quantitative estimate of drug-likeness (QED) is 0.882. The zero-order valence-electron chi connectivity index (χ0n) is 12.2. The Morgan fingerprint density at radius 1 is 1.11 bits per heavy atom. The summed E-state index contributed by atoms with van der Waals surface area (Å²) in [6.45, 7) is 6.33. The first kappa shape index (κ1) is 14.6. The van der Waals surface area contributed by atoms with Crippen molar-refractivity contribution in [3.8, 4) is 0 Å². The van der Waals surface area contributed by atoms with Crippen molar-refractivity contribution in [2.75, 3.05) is 5.32 Å². The summed E-state index contributed by atoms with van der Waals surface area (Å²) in [5, 5.41) is 12.3. The highest BCUT2D eigenvalue weighted by molar-refractivity contribution is 6.30. The molecular formula is C15H24ClN3. The highest BCUT2D eigenvalue weighted by Gasteiger charge is 2.21. The van der Waals surface area contributed by atoms with E-state index >= 15 is 0 Å². The van der Waals surface area contributed by atoms with Crippen LogP contribution in [0.15, 0.2) is 0 Å². The van der Waals surface area contributed by atoms with E-state index in [1.54, 1.807) is 0 Å². The van der Waals surface area contributed by atoms with Gasteiger partial charge in [-0.05, 0) is 56.6 Å². The van der Waals surface area contributed by atoms with E-state index < -0.39 is 0 Å². The van der Waals surface area contributed by atoms with Crippen molar-refractivity contribution in [2.45, 2.75) is 65.3 Å². The number of halogens is 1. The first-order chi connectivity index (χ1) is 9.11. The first-order valence-electron chi connectivity index (χ1n) is 7.37. The molecule has 1 aromatic heterocycles. The molecule has 1 aromatic rings. The SMILES string of the molecule is CCCC1CCC(Nc2nnc(Cl)c(C)c2C)CC1. The molecule has 1 fully saturated rings. The molecule has 3 nitrogen and oxygen atoms in total. The monoisotopic (exact) mass is 281 g/mol. The van der Waals surface area contributed by atoms with Gasteiger partial charge < -0.3 is 5.32 Å². The smallest absolute Gasteiger partial charge is 0.155 e. The van der Waals surface area contributed by atoms with Crippen LogP contribution in [0.5, 0.6) is 0 Å². The van der Waals surface area contributed by atoms with Crippen LogP contribution in [0.4, 0.5) is 5.82 Å². The average Bonchev–Trinajstić information content (AvgIpc) is 2.42. The molecule has 1 aliphatic rings. The summed E-state index contributed by atoms with van der Waals surface area (Å²) >= 11 is 5.98. The summed E-state index contributed by atoms with van der Waals surface area (Å²) < 4.78 is 0. The molecule has 1 saturated carbocycles. The highest BCUT2D eigenvalue weighted by atomic mass is 35.5. The van der Waals surface area contributed by atoms with Crippen LogP contribution in [0, 0.1) is 19.8 Å². The van der Waals surface area contributed by atoms with Crippen LogP contribution in [0.25, 0.3) is 0 Å². The largest absolute Gasteiger partial charge is 0.366 e. The molecule has 0 unspecified atom stereocenters. The number of nitrogens with zero attached hydrogens (tertiary/aromatic N) is 2. The van der Waals surface area contributed by atoms with Crippen LogP contribution in [0.3, 0.4) is 0 Å². The van der Waals surface area contributed by atoms with E-state index in [9.17, 15) is 0 Å². The van der Waals surface area contributed by atoms with Gasteiger partial charge in [0, 0.05) is 6.04 Å². The third-order valence-corrected chi connectivity index (χ3v) is 4.71. The molecule has 0 amide bonds. The lowest BCUT2D eigenvalue weighted by Gasteiger charge is -2.29. The minimum absolute atomic E-state index is 0.509. The van der Waals surface area contributed by atoms with Gasteiger partial charge in [-0.1, -0.05) is 31.4 Å². The summed E-state index contributed by atoms with van der Waals surface area (Å²) in [5.41, 5.74) is 2.15. The molecule has 0 spiro atoms. The zero-order chi connectivity index (χ0) is 13.8. The van der Waals surface area contributed by atoms with Crippen molar-refractivity contribution < 1.29 is 0 Å². The van der Waals surface area contributed by atoms with Gasteiger partial charge in [0.2, 0.25) is 0 Å². The van der Waals surface area contributed by atoms with Crippen LogP contribution in [0.1, 0.15) is 56.6 Å². The summed E-state index contributed by atoms with van der Waals surface area (Å²) in [6.07, 6.45) is 7.85. The van der Waals surface area contributed by atoms with Crippen molar-refractivity contribution >= 4 is 17.4 Å². The van der Waals surface area contributed by atoms with E-state index in [4.69, 9.17) is 11.6 Å². The number of rotatable bonds is 4. The molecule has 1 N–H and O–H groups in total. The standard InChI is InChI=1S/C15H24ClN3/c1-4-5-12-6-8-13(9-7-12)17-15-11(3)10(2)14(16)18-19-15/h12-13H,4-9H2,1-3H3,(H,17,19). The topological polar surface area (TPSA) is 37.8 Å². The van der Waals surface area contributed by atoms with Crippen molar-refractivity contribution in [1.82, 2.24) is 10.2 Å². The Hall–Kier alpha value is -0.830. The molecule has 106 valence electrons. The Morgan fingerprint density at radius 3 is 2.42 bits per heavy atom. The fraction of sp³-hybridized carbons (Fsp3) is 0.733. The van der Waals surface area contributed by atoms with E-state index in [0.717, 1.165) is 22.9 Å². The van der Waals surface area contributed by atoms with Gasteiger partial charge in [0.25, 0.3) is 0 Å². The Morgan fingerprint density at radius 2 is 1.79 bits per heavy atom. The zero-order valence-corrected chi connectivity index (χ0v) is 12.9. The average molecular weight is 282 g/mol. The van der Waals surface area contributed by atoms with E-state index in [1.165, 1.54) is 38.5 Å². The molecule has 1 aliphatic carbocycles. The maximum absolute atomic E-state index is 5.98. The third-order valence-electron chi connectivity index (χ3n) is 4.35. The second kappa shape index (κ2) is 6.56. The van der Waals surface area contributed by atoms with Crippen molar-refractivity contribution in [1.29, 1.82) is 0 Å². The summed E-state index contributed by atoms with van der Waals surface area (Å²) in [6, 6.07) is 0.543. The maximum atomic E-state index is 5.98. The predicted molar refractivity (Wildman–Crippen MR) is 80.8 cm³/mol. The Labute approximate surface area is 121 Å². The van der Waals surface area contributed by atoms with Gasteiger partial charge in [-0.25, -0.2) is 0 Å². The van der Waals surface area contributed by atoms with Gasteiger partial charge in [0.05, 0.1) is 0 Å². The van der Waals surface area contributed by atoms with E-state index in [0.29, 0.717) is 11.2 Å². The van der Waals surface area contributed by atoms with Crippen LogP contribution in [0.2, 0.25) is 5.15 Å². The van der Waals surface area contributed by atoms with Gasteiger partial charge in [-0.3, -0.25) is 0 Å². The lowest BCUT2D eigenvalue weighted by atomic mass is 9.83. The predicted octanol–water partition coefficient (Wildman–Crippen LogP) is 4.52. The fourth-order valence-electron chi connectivity index (χ4n) is 2.91. The molecule has 4 heteroatoms. The number of aromatic nitrogens is 2. The van der Waals surface area contributed by atoms with Gasteiger partial charge in [-0.15, -0.1) is 10.2 Å². The molecular weight excluding hydrogens is 258 g/mol. The van der Waals surface area contributed by atoms with E-state index in [-0.39, 0.29) is 0 Å². The number of hydrogen-bond acceptors (Lipinski definition) is 3. The highest BCUT2D eigenvalue weighted by Crippen LogP contribution is 2.30. The van der Waals surface area contributed by atoms with Crippen LogP contribution >= 0.6 is 11.6 Å².